The summed E-state index contributed by atoms with van der Waals surface area (Å²) in [5, 5.41) is 3.35. The molecule has 0 saturated heterocycles. The molecule has 1 aromatic rings. The molecule has 2 nitrogen and oxygen atoms in total. The lowest BCUT2D eigenvalue weighted by Gasteiger charge is -2.12. The molecule has 0 bridgehead atoms. The summed E-state index contributed by atoms with van der Waals surface area (Å²) in [6.07, 6.45) is 3.79. The van der Waals surface area contributed by atoms with E-state index in [0.717, 1.165) is 6.54 Å². The van der Waals surface area contributed by atoms with Crippen LogP contribution in [0, 0.1) is 6.92 Å². The first-order valence-corrected chi connectivity index (χ1v) is 4.39. The first-order valence-electron chi connectivity index (χ1n) is 4.39. The van der Waals surface area contributed by atoms with Gasteiger partial charge in [0.05, 0.1) is 0 Å². The van der Waals surface area contributed by atoms with Crippen molar-refractivity contribution in [3.05, 3.63) is 29.6 Å². The van der Waals surface area contributed by atoms with Crippen LogP contribution in [0.4, 0.5) is 0 Å². The molecule has 0 aliphatic rings. The molecular formula is C10H16N2. The van der Waals surface area contributed by atoms with Gasteiger partial charge in [0.1, 0.15) is 0 Å². The van der Waals surface area contributed by atoms with Crippen molar-refractivity contribution in [1.82, 2.24) is 10.3 Å². The summed E-state index contributed by atoms with van der Waals surface area (Å²) >= 11 is 0. The van der Waals surface area contributed by atoms with Gasteiger partial charge >= 0.3 is 0 Å². The third-order valence-electron chi connectivity index (χ3n) is 1.91. The van der Waals surface area contributed by atoms with Gasteiger partial charge in [0, 0.05) is 18.4 Å². The Hall–Kier alpha value is -0.890. The predicted molar refractivity (Wildman–Crippen MR) is 51.1 cm³/mol. The molecule has 1 heterocycles. The minimum absolute atomic E-state index is 0.405. The molecule has 0 saturated carbocycles. The van der Waals surface area contributed by atoms with Crippen molar-refractivity contribution in [1.29, 1.82) is 0 Å². The molecule has 12 heavy (non-hydrogen) atoms. The van der Waals surface area contributed by atoms with E-state index in [1.807, 2.05) is 12.4 Å². The van der Waals surface area contributed by atoms with Crippen molar-refractivity contribution in [2.45, 2.75) is 26.8 Å². The monoisotopic (exact) mass is 164 g/mol. The molecule has 1 rings (SSSR count). The first-order chi connectivity index (χ1) is 5.74. The van der Waals surface area contributed by atoms with E-state index < -0.39 is 0 Å². The largest absolute Gasteiger partial charge is 0.310 e. The molecule has 2 heteroatoms. The standard InChI is InChI=1S/C10H16N2/c1-4-12-9(3)10-5-8(2)6-11-7-10/h5-7,9,12H,4H2,1-3H3. The smallest absolute Gasteiger partial charge is 0.0315 e. The summed E-state index contributed by atoms with van der Waals surface area (Å²) in [7, 11) is 0. The number of aryl methyl sites for hydroxylation is 1. The predicted octanol–water partition coefficient (Wildman–Crippen LogP) is 2.06. The van der Waals surface area contributed by atoms with E-state index in [0.29, 0.717) is 6.04 Å². The van der Waals surface area contributed by atoms with Gasteiger partial charge in [0.2, 0.25) is 0 Å². The summed E-state index contributed by atoms with van der Waals surface area (Å²) in [4.78, 5) is 4.15. The molecule has 0 radical (unpaired) electrons. The summed E-state index contributed by atoms with van der Waals surface area (Å²) < 4.78 is 0. The topological polar surface area (TPSA) is 24.9 Å². The minimum Gasteiger partial charge on any atom is -0.310 e. The fourth-order valence-corrected chi connectivity index (χ4v) is 1.24. The molecule has 0 spiro atoms. The average molecular weight is 164 g/mol. The third-order valence-corrected chi connectivity index (χ3v) is 1.91. The van der Waals surface area contributed by atoms with E-state index in [4.69, 9.17) is 0 Å². The van der Waals surface area contributed by atoms with Gasteiger partial charge in [-0.25, -0.2) is 0 Å². The second-order valence-electron chi connectivity index (χ2n) is 3.07. The van der Waals surface area contributed by atoms with Crippen LogP contribution in [0.1, 0.15) is 31.0 Å². The van der Waals surface area contributed by atoms with Gasteiger partial charge in [0.25, 0.3) is 0 Å². The highest BCUT2D eigenvalue weighted by Gasteiger charge is 2.02. The molecular weight excluding hydrogens is 148 g/mol. The number of nitrogens with zero attached hydrogens (tertiary/aromatic N) is 1. The van der Waals surface area contributed by atoms with Crippen LogP contribution < -0.4 is 5.32 Å². The Morgan fingerprint density at radius 2 is 2.25 bits per heavy atom. The average Bonchev–Trinajstić information content (AvgIpc) is 2.05. The van der Waals surface area contributed by atoms with E-state index in [1.165, 1.54) is 11.1 Å². The summed E-state index contributed by atoms with van der Waals surface area (Å²) in [5.41, 5.74) is 2.48. The Morgan fingerprint density at radius 1 is 1.50 bits per heavy atom. The highest BCUT2D eigenvalue weighted by atomic mass is 14.9. The van der Waals surface area contributed by atoms with E-state index >= 15 is 0 Å². The first kappa shape index (κ1) is 9.20. The van der Waals surface area contributed by atoms with Gasteiger partial charge in [0.15, 0.2) is 0 Å². The maximum atomic E-state index is 4.15. The maximum absolute atomic E-state index is 4.15. The number of hydrogen-bond acceptors (Lipinski definition) is 2. The summed E-state index contributed by atoms with van der Waals surface area (Å²) in [6.45, 7) is 7.32. The van der Waals surface area contributed by atoms with Gasteiger partial charge in [-0.1, -0.05) is 13.0 Å². The van der Waals surface area contributed by atoms with E-state index in [2.05, 4.69) is 37.1 Å². The van der Waals surface area contributed by atoms with E-state index in [9.17, 15) is 0 Å². The van der Waals surface area contributed by atoms with Crippen LogP contribution in [0.5, 0.6) is 0 Å². The molecule has 0 fully saturated rings. The minimum atomic E-state index is 0.405. The zero-order chi connectivity index (χ0) is 8.97. The number of pyridine rings is 1. The molecule has 1 atom stereocenters. The van der Waals surface area contributed by atoms with Crippen LogP contribution in [0.3, 0.4) is 0 Å². The van der Waals surface area contributed by atoms with Gasteiger partial charge in [-0.3, -0.25) is 4.98 Å². The summed E-state index contributed by atoms with van der Waals surface area (Å²) in [6, 6.07) is 2.57. The fourth-order valence-electron chi connectivity index (χ4n) is 1.24. The van der Waals surface area contributed by atoms with Gasteiger partial charge in [-0.15, -0.1) is 0 Å². The molecule has 0 aliphatic carbocycles. The Balaban J connectivity index is 2.73. The Kier molecular flexibility index (Phi) is 3.23. The van der Waals surface area contributed by atoms with Crippen molar-refractivity contribution >= 4 is 0 Å². The highest BCUT2D eigenvalue weighted by Crippen LogP contribution is 2.11. The second kappa shape index (κ2) is 4.21. The number of rotatable bonds is 3. The summed E-state index contributed by atoms with van der Waals surface area (Å²) in [5.74, 6) is 0. The SMILES string of the molecule is CCNC(C)c1cncc(C)c1. The van der Waals surface area contributed by atoms with E-state index in [-0.39, 0.29) is 0 Å². The highest BCUT2D eigenvalue weighted by molar-refractivity contribution is 5.19. The Morgan fingerprint density at radius 3 is 2.83 bits per heavy atom. The van der Waals surface area contributed by atoms with Crippen LogP contribution in [0.25, 0.3) is 0 Å². The quantitative estimate of drug-likeness (QED) is 0.739. The lowest BCUT2D eigenvalue weighted by Crippen LogP contribution is -2.17. The van der Waals surface area contributed by atoms with Crippen LogP contribution in [-0.4, -0.2) is 11.5 Å². The molecule has 1 N–H and O–H groups in total. The molecule has 0 aromatic carbocycles. The third kappa shape index (κ3) is 2.31. The number of hydrogen-bond donors (Lipinski definition) is 1. The van der Waals surface area contributed by atoms with Crippen molar-refractivity contribution in [2.75, 3.05) is 6.54 Å². The van der Waals surface area contributed by atoms with E-state index in [1.54, 1.807) is 0 Å². The maximum Gasteiger partial charge on any atom is 0.0315 e. The second-order valence-corrected chi connectivity index (χ2v) is 3.07. The zero-order valence-electron chi connectivity index (χ0n) is 7.96. The molecule has 0 amide bonds. The van der Waals surface area contributed by atoms with Crippen LogP contribution in [0.15, 0.2) is 18.5 Å². The Bertz CT molecular complexity index is 245. The van der Waals surface area contributed by atoms with Crippen molar-refractivity contribution < 1.29 is 0 Å². The number of nitrogens with one attached hydrogen (secondary N) is 1. The van der Waals surface area contributed by atoms with Gasteiger partial charge in [-0.2, -0.15) is 0 Å². The lowest BCUT2D eigenvalue weighted by molar-refractivity contribution is 0.596. The molecule has 0 aliphatic heterocycles. The normalized spacial score (nSPS) is 12.9. The van der Waals surface area contributed by atoms with Crippen molar-refractivity contribution in [3.63, 3.8) is 0 Å². The van der Waals surface area contributed by atoms with Gasteiger partial charge in [-0.05, 0) is 31.5 Å². The lowest BCUT2D eigenvalue weighted by atomic mass is 10.1. The fraction of sp³-hybridized carbons (Fsp3) is 0.500. The Labute approximate surface area is 74.0 Å². The zero-order valence-corrected chi connectivity index (χ0v) is 7.96. The number of aromatic nitrogens is 1. The van der Waals surface area contributed by atoms with Gasteiger partial charge < -0.3 is 5.32 Å². The van der Waals surface area contributed by atoms with Crippen LogP contribution in [0.2, 0.25) is 0 Å². The van der Waals surface area contributed by atoms with Crippen LogP contribution >= 0.6 is 0 Å². The molecule has 1 unspecified atom stereocenters. The van der Waals surface area contributed by atoms with Crippen molar-refractivity contribution in [3.8, 4) is 0 Å². The van der Waals surface area contributed by atoms with Crippen LogP contribution in [-0.2, 0) is 0 Å². The molecule has 66 valence electrons. The molecule has 1 aromatic heterocycles. The van der Waals surface area contributed by atoms with Crippen molar-refractivity contribution in [2.24, 2.45) is 0 Å².